The summed E-state index contributed by atoms with van der Waals surface area (Å²) in [5.74, 6) is 1.68. The number of H-pyrrole nitrogens is 1. The average molecular weight is 521 g/mol. The van der Waals surface area contributed by atoms with E-state index in [9.17, 15) is 9.18 Å². The second-order valence-corrected chi connectivity index (χ2v) is 9.73. The van der Waals surface area contributed by atoms with Crippen molar-refractivity contribution in [2.45, 2.75) is 58.0 Å². The van der Waals surface area contributed by atoms with Gasteiger partial charge in [0.2, 0.25) is 6.79 Å². The summed E-state index contributed by atoms with van der Waals surface area (Å²) in [6, 6.07) is 11.8. The fourth-order valence-corrected chi connectivity index (χ4v) is 5.24. The smallest absolute Gasteiger partial charge is 0.252 e. The normalized spacial score (nSPS) is 17.5. The number of tetrazole rings is 1. The Morgan fingerprint density at radius 1 is 1.16 bits per heavy atom. The minimum Gasteiger partial charge on any atom is -0.454 e. The maximum Gasteiger partial charge on any atom is 0.252 e. The van der Waals surface area contributed by atoms with Crippen LogP contribution in [-0.2, 0) is 24.4 Å². The van der Waals surface area contributed by atoms with Crippen LogP contribution in [0.15, 0.2) is 47.3 Å². The van der Waals surface area contributed by atoms with Crippen molar-refractivity contribution in [3.63, 3.8) is 0 Å². The van der Waals surface area contributed by atoms with Gasteiger partial charge in [0.25, 0.3) is 5.56 Å². The summed E-state index contributed by atoms with van der Waals surface area (Å²) in [7, 11) is 0. The predicted molar refractivity (Wildman–Crippen MR) is 136 cm³/mol. The zero-order valence-corrected chi connectivity index (χ0v) is 21.1. The van der Waals surface area contributed by atoms with E-state index in [-0.39, 0.29) is 30.3 Å². The van der Waals surface area contributed by atoms with E-state index in [1.54, 1.807) is 18.2 Å². The van der Waals surface area contributed by atoms with Crippen molar-refractivity contribution >= 4 is 10.9 Å². The Kier molecular flexibility index (Phi) is 6.77. The molecular formula is C27H29FN6O4. The Morgan fingerprint density at radius 3 is 2.74 bits per heavy atom. The van der Waals surface area contributed by atoms with Crippen molar-refractivity contribution in [1.82, 2.24) is 30.1 Å². The number of pyridine rings is 1. The molecule has 11 heteroatoms. The number of nitrogens with one attached hydrogen (secondary N) is 1. The molecule has 0 bridgehead atoms. The number of rotatable bonds is 9. The van der Waals surface area contributed by atoms with Crippen LogP contribution in [0.5, 0.6) is 11.5 Å². The molecule has 2 aromatic carbocycles. The number of hydrogen-bond donors (Lipinski definition) is 1. The van der Waals surface area contributed by atoms with Crippen LogP contribution in [0, 0.1) is 5.82 Å². The lowest BCUT2D eigenvalue weighted by Crippen LogP contribution is -2.33. The van der Waals surface area contributed by atoms with Gasteiger partial charge in [-0.25, -0.2) is 9.07 Å². The van der Waals surface area contributed by atoms with Gasteiger partial charge >= 0.3 is 0 Å². The first kappa shape index (κ1) is 24.5. The number of ether oxygens (including phenoxy) is 3. The Bertz CT molecular complexity index is 1480. The molecule has 2 aliphatic rings. The van der Waals surface area contributed by atoms with E-state index in [2.05, 4.69) is 32.3 Å². The number of fused-ring (bicyclic) bond motifs is 2. The van der Waals surface area contributed by atoms with Crippen LogP contribution in [-0.4, -0.2) is 49.6 Å². The highest BCUT2D eigenvalue weighted by molar-refractivity contribution is 5.83. The van der Waals surface area contributed by atoms with E-state index in [0.29, 0.717) is 54.5 Å². The Balaban J connectivity index is 1.35. The molecule has 10 nitrogen and oxygen atoms in total. The number of benzene rings is 2. The van der Waals surface area contributed by atoms with Crippen LogP contribution in [0.4, 0.5) is 4.39 Å². The largest absolute Gasteiger partial charge is 0.454 e. The maximum absolute atomic E-state index is 13.6. The number of hydrogen-bond acceptors (Lipinski definition) is 8. The first-order valence-electron chi connectivity index (χ1n) is 12.9. The van der Waals surface area contributed by atoms with Gasteiger partial charge in [-0.1, -0.05) is 19.1 Å². The molecule has 6 rings (SSSR count). The highest BCUT2D eigenvalue weighted by atomic mass is 19.1. The zero-order chi connectivity index (χ0) is 26.1. The lowest BCUT2D eigenvalue weighted by molar-refractivity contribution is 0.0888. The molecule has 1 fully saturated rings. The summed E-state index contributed by atoms with van der Waals surface area (Å²) in [4.78, 5) is 18.3. The second kappa shape index (κ2) is 10.5. The van der Waals surface area contributed by atoms with E-state index in [4.69, 9.17) is 14.2 Å². The summed E-state index contributed by atoms with van der Waals surface area (Å²) in [6.45, 7) is 4.37. The summed E-state index contributed by atoms with van der Waals surface area (Å²) in [5, 5.41) is 13.5. The molecule has 2 aliphatic heterocycles. The van der Waals surface area contributed by atoms with Gasteiger partial charge in [0, 0.05) is 36.7 Å². The van der Waals surface area contributed by atoms with E-state index in [1.807, 2.05) is 16.8 Å². The molecule has 4 heterocycles. The van der Waals surface area contributed by atoms with E-state index in [1.165, 1.54) is 12.1 Å². The van der Waals surface area contributed by atoms with Gasteiger partial charge in [-0.05, 0) is 59.5 Å². The molecule has 2 aromatic heterocycles. The molecule has 0 radical (unpaired) electrons. The van der Waals surface area contributed by atoms with Gasteiger partial charge < -0.3 is 19.2 Å². The number of halogens is 1. The van der Waals surface area contributed by atoms with Gasteiger partial charge in [0.05, 0.1) is 24.2 Å². The van der Waals surface area contributed by atoms with Crippen molar-refractivity contribution in [1.29, 1.82) is 0 Å². The lowest BCUT2D eigenvalue weighted by atomic mass is 10.1. The highest BCUT2D eigenvalue weighted by Crippen LogP contribution is 2.35. The molecule has 1 saturated heterocycles. The molecule has 0 spiro atoms. The van der Waals surface area contributed by atoms with Crippen LogP contribution in [0.3, 0.4) is 0 Å². The molecule has 38 heavy (non-hydrogen) atoms. The van der Waals surface area contributed by atoms with Crippen LogP contribution >= 0.6 is 0 Å². The minimum absolute atomic E-state index is 0.0802. The molecule has 198 valence electrons. The third-order valence-electron chi connectivity index (χ3n) is 7.17. The van der Waals surface area contributed by atoms with Gasteiger partial charge in [-0.3, -0.25) is 9.69 Å². The van der Waals surface area contributed by atoms with Crippen molar-refractivity contribution in [2.24, 2.45) is 0 Å². The summed E-state index contributed by atoms with van der Waals surface area (Å²) in [6.07, 6.45) is 2.79. The van der Waals surface area contributed by atoms with E-state index >= 15 is 0 Å². The van der Waals surface area contributed by atoms with E-state index < -0.39 is 0 Å². The third-order valence-corrected chi connectivity index (χ3v) is 7.17. The standard InChI is InChI=1S/C27H29FN6O4/c1-2-23(26-30-31-32-34(26)15-21-4-3-9-36-21)33(13-17-5-7-20(28)8-6-17)14-19-10-18-11-24-25(38-16-37-24)12-22(18)29-27(19)35/h5-8,10-12,21,23H,2-4,9,13-16H2,1H3,(H,29,35)/t21-,23-/m0/s1. The maximum atomic E-state index is 13.6. The molecule has 0 aliphatic carbocycles. The molecule has 0 amide bonds. The lowest BCUT2D eigenvalue weighted by Gasteiger charge is -2.30. The highest BCUT2D eigenvalue weighted by Gasteiger charge is 2.28. The van der Waals surface area contributed by atoms with Gasteiger partial charge in [0.1, 0.15) is 5.82 Å². The Hall–Kier alpha value is -3.83. The van der Waals surface area contributed by atoms with Crippen LogP contribution in [0.25, 0.3) is 10.9 Å². The number of nitrogens with zero attached hydrogens (tertiary/aromatic N) is 5. The SMILES string of the molecule is CC[C@@H](c1nnnn1C[C@@H]1CCCO1)N(Cc1ccc(F)cc1)Cc1cc2cc3c(cc2[nH]c1=O)OCO3. The van der Waals surface area contributed by atoms with Gasteiger partial charge in [0.15, 0.2) is 17.3 Å². The fraction of sp³-hybridized carbons (Fsp3) is 0.407. The van der Waals surface area contributed by atoms with Crippen LogP contribution in [0.1, 0.15) is 49.2 Å². The molecule has 4 aromatic rings. The van der Waals surface area contributed by atoms with Gasteiger partial charge in [-0.2, -0.15) is 0 Å². The van der Waals surface area contributed by atoms with Crippen molar-refractivity contribution < 1.29 is 18.6 Å². The fourth-order valence-electron chi connectivity index (χ4n) is 5.24. The zero-order valence-electron chi connectivity index (χ0n) is 21.1. The first-order chi connectivity index (χ1) is 18.6. The monoisotopic (exact) mass is 520 g/mol. The molecule has 0 unspecified atom stereocenters. The quantitative estimate of drug-likeness (QED) is 0.356. The number of aromatic amines is 1. The molecule has 0 saturated carbocycles. The minimum atomic E-state index is -0.294. The topological polar surface area (TPSA) is 107 Å². The summed E-state index contributed by atoms with van der Waals surface area (Å²) >= 11 is 0. The van der Waals surface area contributed by atoms with Crippen molar-refractivity contribution in [3.05, 3.63) is 75.6 Å². The average Bonchev–Trinajstić information content (AvgIpc) is 3.68. The van der Waals surface area contributed by atoms with Crippen LogP contribution in [0.2, 0.25) is 0 Å². The van der Waals surface area contributed by atoms with E-state index in [0.717, 1.165) is 30.4 Å². The Morgan fingerprint density at radius 2 is 1.97 bits per heavy atom. The molecule has 2 atom stereocenters. The summed E-state index contributed by atoms with van der Waals surface area (Å²) < 4.78 is 32.3. The van der Waals surface area contributed by atoms with Crippen molar-refractivity contribution in [3.8, 4) is 11.5 Å². The van der Waals surface area contributed by atoms with Gasteiger partial charge in [-0.15, -0.1) is 5.10 Å². The number of aromatic nitrogens is 5. The predicted octanol–water partition coefficient (Wildman–Crippen LogP) is 3.71. The summed E-state index contributed by atoms with van der Waals surface area (Å²) in [5.41, 5.74) is 2.01. The Labute approximate surface area is 218 Å². The molecule has 1 N–H and O–H groups in total. The van der Waals surface area contributed by atoms with Crippen molar-refractivity contribution in [2.75, 3.05) is 13.4 Å². The first-order valence-corrected chi connectivity index (χ1v) is 12.9. The third kappa shape index (κ3) is 4.99. The van der Waals surface area contributed by atoms with Crippen LogP contribution < -0.4 is 15.0 Å². The second-order valence-electron chi connectivity index (χ2n) is 9.73. The molecular weight excluding hydrogens is 491 g/mol.